The van der Waals surface area contributed by atoms with Crippen LogP contribution in [0.3, 0.4) is 0 Å². The van der Waals surface area contributed by atoms with Gasteiger partial charge < -0.3 is 14.6 Å². The molecule has 5 nitrogen and oxygen atoms in total. The van der Waals surface area contributed by atoms with Crippen LogP contribution in [-0.4, -0.2) is 15.5 Å². The van der Waals surface area contributed by atoms with E-state index >= 15 is 0 Å². The number of aromatic nitrogens is 2. The van der Waals surface area contributed by atoms with E-state index in [0.29, 0.717) is 18.3 Å². The van der Waals surface area contributed by atoms with Crippen LogP contribution in [0.5, 0.6) is 10.9 Å². The molecule has 0 aliphatic heterocycles. The topological polar surface area (TPSA) is 56.2 Å². The molecule has 26 heavy (non-hydrogen) atoms. The maximum Gasteiger partial charge on any atom is 0.278 e. The lowest BCUT2D eigenvalue weighted by Gasteiger charge is -2.08. The molecule has 2 aromatic carbocycles. The number of fused-ring (bicyclic) bond motifs is 1. The molecule has 2 aromatic heterocycles. The van der Waals surface area contributed by atoms with Crippen LogP contribution in [0.2, 0.25) is 0 Å². The minimum atomic E-state index is -0.0190. The van der Waals surface area contributed by atoms with E-state index in [2.05, 4.69) is 10.3 Å². The number of para-hydroxylation sites is 1. The van der Waals surface area contributed by atoms with Gasteiger partial charge in [0.2, 0.25) is 5.91 Å². The smallest absolute Gasteiger partial charge is 0.278 e. The first-order valence-corrected chi connectivity index (χ1v) is 9.13. The number of benzene rings is 2. The summed E-state index contributed by atoms with van der Waals surface area (Å²) in [5.41, 5.74) is 2.08. The third-order valence-electron chi connectivity index (χ3n) is 4.02. The van der Waals surface area contributed by atoms with E-state index in [0.717, 1.165) is 22.2 Å². The zero-order chi connectivity index (χ0) is 17.8. The molecule has 0 spiro atoms. The number of hydrogen-bond acceptors (Lipinski definition) is 4. The molecular formula is C20H17N3O2S. The molecule has 6 heteroatoms. The Morgan fingerprint density at radius 1 is 1.12 bits per heavy atom. The zero-order valence-corrected chi connectivity index (χ0v) is 14.8. The second-order valence-electron chi connectivity index (χ2n) is 5.82. The Kier molecular flexibility index (Phi) is 4.66. The van der Waals surface area contributed by atoms with Crippen LogP contribution in [0.15, 0.2) is 72.4 Å². The van der Waals surface area contributed by atoms with Gasteiger partial charge in [-0.05, 0) is 35.2 Å². The van der Waals surface area contributed by atoms with Gasteiger partial charge in [-0.15, -0.1) is 0 Å². The van der Waals surface area contributed by atoms with Gasteiger partial charge in [-0.1, -0.05) is 41.7 Å². The lowest BCUT2D eigenvalue weighted by Crippen LogP contribution is -2.26. The Balaban J connectivity index is 1.32. The highest BCUT2D eigenvalue weighted by molar-refractivity contribution is 7.11. The molecule has 1 amide bonds. The highest BCUT2D eigenvalue weighted by atomic mass is 32.1. The molecule has 0 aliphatic carbocycles. The first-order valence-electron chi connectivity index (χ1n) is 8.25. The van der Waals surface area contributed by atoms with E-state index in [9.17, 15) is 4.79 Å². The Hall–Kier alpha value is -3.12. The molecule has 0 saturated carbocycles. The van der Waals surface area contributed by atoms with Crippen molar-refractivity contribution in [2.45, 2.75) is 13.1 Å². The average molecular weight is 363 g/mol. The van der Waals surface area contributed by atoms with Crippen molar-refractivity contribution in [3.63, 3.8) is 0 Å². The summed E-state index contributed by atoms with van der Waals surface area (Å²) in [7, 11) is 0. The highest BCUT2D eigenvalue weighted by Gasteiger charge is 2.06. The molecule has 0 fully saturated rings. The quantitative estimate of drug-likeness (QED) is 0.558. The fraction of sp³-hybridized carbons (Fsp3) is 0.100. The van der Waals surface area contributed by atoms with Crippen molar-refractivity contribution < 1.29 is 9.53 Å². The molecule has 4 aromatic rings. The molecule has 0 unspecified atom stereocenters. The predicted octanol–water partition coefficient (Wildman–Crippen LogP) is 4.21. The summed E-state index contributed by atoms with van der Waals surface area (Å²) < 4.78 is 7.58. The maximum absolute atomic E-state index is 12.2. The van der Waals surface area contributed by atoms with Crippen molar-refractivity contribution in [2.24, 2.45) is 0 Å². The molecule has 1 N–H and O–H groups in total. The normalized spacial score (nSPS) is 10.8. The number of hydrogen-bond donors (Lipinski definition) is 1. The molecule has 0 saturated heterocycles. The van der Waals surface area contributed by atoms with Crippen molar-refractivity contribution in [3.05, 3.63) is 77.9 Å². The van der Waals surface area contributed by atoms with Gasteiger partial charge in [0.05, 0.1) is 0 Å². The van der Waals surface area contributed by atoms with Crippen molar-refractivity contribution in [3.8, 4) is 10.9 Å². The lowest BCUT2D eigenvalue weighted by atomic mass is 10.2. The summed E-state index contributed by atoms with van der Waals surface area (Å²) in [5, 5.41) is 6.58. The van der Waals surface area contributed by atoms with Crippen molar-refractivity contribution in [2.75, 3.05) is 0 Å². The molecule has 0 bridgehead atoms. The van der Waals surface area contributed by atoms with Gasteiger partial charge in [0, 0.05) is 29.8 Å². The first kappa shape index (κ1) is 16.4. The standard InChI is InChI=1S/C20H17N3O2S/c24-19(14-23-11-9-16-3-1-2-4-18(16)23)22-13-15-5-7-17(8-6-15)25-20-21-10-12-26-20/h1-12H,13-14H2,(H,22,24). The Labute approximate surface area is 154 Å². The molecule has 0 atom stereocenters. The third-order valence-corrected chi connectivity index (χ3v) is 4.67. The maximum atomic E-state index is 12.2. The van der Waals surface area contributed by atoms with Crippen molar-refractivity contribution in [1.29, 1.82) is 0 Å². The number of nitrogens with one attached hydrogen (secondary N) is 1. The average Bonchev–Trinajstić information content (AvgIpc) is 3.32. The van der Waals surface area contributed by atoms with Crippen LogP contribution in [0.4, 0.5) is 0 Å². The van der Waals surface area contributed by atoms with Gasteiger partial charge in [-0.3, -0.25) is 4.79 Å². The van der Waals surface area contributed by atoms with E-state index in [-0.39, 0.29) is 5.91 Å². The molecule has 0 aliphatic rings. The molecular weight excluding hydrogens is 346 g/mol. The molecule has 130 valence electrons. The number of carbonyl (C=O) groups is 1. The fourth-order valence-electron chi connectivity index (χ4n) is 2.73. The largest absolute Gasteiger partial charge is 0.431 e. The number of carbonyl (C=O) groups excluding carboxylic acids is 1. The molecule has 2 heterocycles. The summed E-state index contributed by atoms with van der Waals surface area (Å²) in [6, 6.07) is 17.7. The fourth-order valence-corrected chi connectivity index (χ4v) is 3.23. The molecule has 0 radical (unpaired) electrons. The second-order valence-corrected chi connectivity index (χ2v) is 6.68. The van der Waals surface area contributed by atoms with Crippen LogP contribution in [0.1, 0.15) is 5.56 Å². The summed E-state index contributed by atoms with van der Waals surface area (Å²) >= 11 is 1.45. The van der Waals surface area contributed by atoms with Crippen LogP contribution >= 0.6 is 11.3 Å². The van der Waals surface area contributed by atoms with E-state index < -0.39 is 0 Å². The summed E-state index contributed by atoms with van der Waals surface area (Å²) in [6.45, 7) is 0.786. The Bertz CT molecular complexity index is 1010. The minimum absolute atomic E-state index is 0.0190. The van der Waals surface area contributed by atoms with Gasteiger partial charge in [0.1, 0.15) is 12.3 Å². The van der Waals surface area contributed by atoms with E-state index in [4.69, 9.17) is 4.74 Å². The van der Waals surface area contributed by atoms with Crippen LogP contribution < -0.4 is 10.1 Å². The van der Waals surface area contributed by atoms with Gasteiger partial charge in [-0.2, -0.15) is 0 Å². The SMILES string of the molecule is O=C(Cn1ccc2ccccc21)NCc1ccc(Oc2nccs2)cc1. The van der Waals surface area contributed by atoms with E-state index in [1.54, 1.807) is 6.20 Å². The lowest BCUT2D eigenvalue weighted by molar-refractivity contribution is -0.121. The van der Waals surface area contributed by atoms with Gasteiger partial charge >= 0.3 is 0 Å². The van der Waals surface area contributed by atoms with Crippen molar-refractivity contribution >= 4 is 28.1 Å². The summed E-state index contributed by atoms with van der Waals surface area (Å²) in [5.74, 6) is 0.711. The number of thiazole rings is 1. The number of ether oxygens (including phenoxy) is 1. The second kappa shape index (κ2) is 7.41. The highest BCUT2D eigenvalue weighted by Crippen LogP contribution is 2.23. The van der Waals surface area contributed by atoms with Crippen molar-refractivity contribution in [1.82, 2.24) is 14.9 Å². The first-order chi connectivity index (χ1) is 12.8. The van der Waals surface area contributed by atoms with Crippen LogP contribution in [-0.2, 0) is 17.9 Å². The van der Waals surface area contributed by atoms with Crippen LogP contribution in [0, 0.1) is 0 Å². The number of rotatable bonds is 6. The van der Waals surface area contributed by atoms with E-state index in [1.165, 1.54) is 11.3 Å². The zero-order valence-electron chi connectivity index (χ0n) is 14.0. The summed E-state index contributed by atoms with van der Waals surface area (Å²) in [4.78, 5) is 16.3. The van der Waals surface area contributed by atoms with Gasteiger partial charge in [0.15, 0.2) is 0 Å². The number of amides is 1. The minimum Gasteiger partial charge on any atom is -0.431 e. The summed E-state index contributed by atoms with van der Waals surface area (Å²) in [6.07, 6.45) is 3.65. The van der Waals surface area contributed by atoms with E-state index in [1.807, 2.05) is 70.7 Å². The molecule has 4 rings (SSSR count). The predicted molar refractivity (Wildman–Crippen MR) is 102 cm³/mol. The number of nitrogens with zero attached hydrogens (tertiary/aromatic N) is 2. The Morgan fingerprint density at radius 3 is 2.77 bits per heavy atom. The Morgan fingerprint density at radius 2 is 1.96 bits per heavy atom. The van der Waals surface area contributed by atoms with Gasteiger partial charge in [-0.25, -0.2) is 4.98 Å². The van der Waals surface area contributed by atoms with Crippen LogP contribution in [0.25, 0.3) is 10.9 Å². The van der Waals surface area contributed by atoms with Gasteiger partial charge in [0.25, 0.3) is 5.19 Å². The third kappa shape index (κ3) is 3.75. The monoisotopic (exact) mass is 363 g/mol.